The Morgan fingerprint density at radius 2 is 1.78 bits per heavy atom. The number of esters is 1. The quantitative estimate of drug-likeness (QED) is 0.502. The summed E-state index contributed by atoms with van der Waals surface area (Å²) in [7, 11) is 2.79. The van der Waals surface area contributed by atoms with Gasteiger partial charge >= 0.3 is 11.9 Å². The third-order valence-electron chi connectivity index (χ3n) is 6.28. The summed E-state index contributed by atoms with van der Waals surface area (Å²) in [6.07, 6.45) is 0. The van der Waals surface area contributed by atoms with E-state index in [9.17, 15) is 24.3 Å². The molecule has 2 aromatic carbocycles. The maximum absolute atomic E-state index is 14.0. The molecule has 1 aromatic heterocycles. The molecular weight excluding hydrogens is 498 g/mol. The second-order valence-corrected chi connectivity index (χ2v) is 9.32. The van der Waals surface area contributed by atoms with Crippen molar-refractivity contribution < 1.29 is 29.0 Å². The molecule has 3 aromatic rings. The first-order chi connectivity index (χ1) is 17.8. The van der Waals surface area contributed by atoms with Crippen LogP contribution in [0.25, 0.3) is 5.57 Å². The molecule has 0 saturated carbocycles. The van der Waals surface area contributed by atoms with E-state index in [1.165, 1.54) is 18.8 Å². The van der Waals surface area contributed by atoms with Gasteiger partial charge in [-0.1, -0.05) is 41.7 Å². The van der Waals surface area contributed by atoms with Crippen LogP contribution in [0, 0.1) is 0 Å². The van der Waals surface area contributed by atoms with E-state index in [0.29, 0.717) is 33.1 Å². The van der Waals surface area contributed by atoms with E-state index in [2.05, 4.69) is 4.99 Å². The number of benzene rings is 2. The number of carboxylic acids is 1. The summed E-state index contributed by atoms with van der Waals surface area (Å²) < 4.78 is 11.8. The van der Waals surface area contributed by atoms with Gasteiger partial charge in [0.2, 0.25) is 0 Å². The SMILES string of the molecule is COC(=O)C1=C(C)N=c2s/c(=C3\C(=O)N(CC(=O)O)c4ccccc43)c(=O)n2C1c1ccc(OC)cc1. The van der Waals surface area contributed by atoms with Crippen LogP contribution in [0.3, 0.4) is 0 Å². The third kappa shape index (κ3) is 3.84. The fourth-order valence-electron chi connectivity index (χ4n) is 4.64. The molecule has 0 radical (unpaired) electrons. The number of methoxy groups -OCH3 is 2. The van der Waals surface area contributed by atoms with E-state index in [-0.39, 0.29) is 15.7 Å². The number of amides is 1. The zero-order valence-corrected chi connectivity index (χ0v) is 20.9. The number of hydrogen-bond donors (Lipinski definition) is 1. The minimum Gasteiger partial charge on any atom is -0.497 e. The second kappa shape index (κ2) is 9.17. The van der Waals surface area contributed by atoms with Crippen LogP contribution in [0.4, 0.5) is 5.69 Å². The Morgan fingerprint density at radius 1 is 1.08 bits per heavy atom. The average molecular weight is 520 g/mol. The lowest BCUT2D eigenvalue weighted by Gasteiger charge is -2.24. The first kappa shape index (κ1) is 24.2. The highest BCUT2D eigenvalue weighted by atomic mass is 32.1. The van der Waals surface area contributed by atoms with Crippen LogP contribution in [0.5, 0.6) is 5.75 Å². The Morgan fingerprint density at radius 3 is 2.43 bits per heavy atom. The van der Waals surface area contributed by atoms with Crippen molar-refractivity contribution in [1.29, 1.82) is 0 Å². The van der Waals surface area contributed by atoms with Crippen molar-refractivity contribution in [3.63, 3.8) is 0 Å². The summed E-state index contributed by atoms with van der Waals surface area (Å²) in [6, 6.07) is 12.8. The van der Waals surface area contributed by atoms with Crippen molar-refractivity contribution in [2.45, 2.75) is 13.0 Å². The second-order valence-electron chi connectivity index (χ2n) is 8.34. The van der Waals surface area contributed by atoms with Gasteiger partial charge in [-0.3, -0.25) is 23.9 Å². The summed E-state index contributed by atoms with van der Waals surface area (Å²) >= 11 is 1.02. The number of carbonyl (C=O) groups is 3. The van der Waals surface area contributed by atoms with E-state index in [1.54, 1.807) is 55.5 Å². The van der Waals surface area contributed by atoms with Crippen molar-refractivity contribution >= 4 is 40.4 Å². The van der Waals surface area contributed by atoms with Crippen molar-refractivity contribution in [1.82, 2.24) is 4.57 Å². The number of thiazole rings is 1. The average Bonchev–Trinajstić information content (AvgIpc) is 3.35. The molecule has 0 spiro atoms. The molecule has 188 valence electrons. The molecule has 1 atom stereocenters. The lowest BCUT2D eigenvalue weighted by Crippen LogP contribution is -2.41. The van der Waals surface area contributed by atoms with E-state index in [4.69, 9.17) is 9.47 Å². The largest absolute Gasteiger partial charge is 0.497 e. The number of carboxylic acid groups (broad SMARTS) is 1. The van der Waals surface area contributed by atoms with Gasteiger partial charge in [-0.25, -0.2) is 9.79 Å². The van der Waals surface area contributed by atoms with E-state index >= 15 is 0 Å². The summed E-state index contributed by atoms with van der Waals surface area (Å²) in [4.78, 5) is 57.6. The minimum atomic E-state index is -1.18. The number of anilines is 1. The predicted octanol–water partition coefficient (Wildman–Crippen LogP) is 1.22. The number of fused-ring (bicyclic) bond motifs is 2. The summed E-state index contributed by atoms with van der Waals surface area (Å²) in [6.45, 7) is 1.12. The molecule has 1 amide bonds. The van der Waals surface area contributed by atoms with E-state index < -0.39 is 36.0 Å². The van der Waals surface area contributed by atoms with E-state index in [0.717, 1.165) is 16.2 Å². The van der Waals surface area contributed by atoms with Crippen LogP contribution in [0.2, 0.25) is 0 Å². The number of aliphatic carboxylic acids is 1. The first-order valence-corrected chi connectivity index (χ1v) is 12.0. The van der Waals surface area contributed by atoms with Crippen LogP contribution in [0.15, 0.2) is 69.6 Å². The Hall–Kier alpha value is -4.51. The Balaban J connectivity index is 1.80. The van der Waals surface area contributed by atoms with Crippen LogP contribution < -0.4 is 24.5 Å². The standard InChI is InChI=1S/C26H21N3O7S/c1-13-19(25(34)36-3)21(14-8-10-15(35-2)11-9-14)29-24(33)22(37-26(29)27-13)20-16-6-4-5-7-17(16)28(23(20)32)12-18(30)31/h4-11,21H,12H2,1-3H3,(H,30,31)/b22-20-. The number of aromatic nitrogens is 1. The number of carbonyl (C=O) groups excluding carboxylic acids is 2. The van der Waals surface area contributed by atoms with Gasteiger partial charge in [-0.05, 0) is 30.7 Å². The molecule has 1 unspecified atom stereocenters. The molecule has 0 bridgehead atoms. The molecule has 11 heteroatoms. The van der Waals surface area contributed by atoms with Crippen LogP contribution in [0.1, 0.15) is 24.1 Å². The molecule has 2 aliphatic heterocycles. The molecular formula is C26H21N3O7S. The van der Waals surface area contributed by atoms with Gasteiger partial charge in [0.05, 0.1) is 42.8 Å². The van der Waals surface area contributed by atoms with Gasteiger partial charge in [0.25, 0.3) is 11.5 Å². The number of allylic oxidation sites excluding steroid dienone is 1. The maximum Gasteiger partial charge on any atom is 0.338 e. The molecule has 37 heavy (non-hydrogen) atoms. The smallest absolute Gasteiger partial charge is 0.338 e. The Bertz CT molecular complexity index is 1680. The highest BCUT2D eigenvalue weighted by Crippen LogP contribution is 2.35. The zero-order valence-electron chi connectivity index (χ0n) is 20.0. The monoisotopic (exact) mass is 519 g/mol. The van der Waals surface area contributed by atoms with Crippen molar-refractivity contribution in [2.24, 2.45) is 4.99 Å². The number of para-hydroxylation sites is 1. The number of rotatable bonds is 5. The minimum absolute atomic E-state index is 0.106. The summed E-state index contributed by atoms with van der Waals surface area (Å²) in [5.41, 5.74) is 1.67. The Kier molecular flexibility index (Phi) is 6.00. The van der Waals surface area contributed by atoms with Crippen molar-refractivity contribution in [3.8, 4) is 5.75 Å². The molecule has 0 fully saturated rings. The lowest BCUT2D eigenvalue weighted by atomic mass is 9.96. The van der Waals surface area contributed by atoms with Crippen LogP contribution in [-0.2, 0) is 19.1 Å². The van der Waals surface area contributed by atoms with Gasteiger partial charge in [-0.2, -0.15) is 0 Å². The maximum atomic E-state index is 14.0. The molecule has 3 heterocycles. The number of hydrogen-bond acceptors (Lipinski definition) is 8. The molecule has 10 nitrogen and oxygen atoms in total. The lowest BCUT2D eigenvalue weighted by molar-refractivity contribution is -0.137. The topological polar surface area (TPSA) is 128 Å². The molecule has 1 N–H and O–H groups in total. The van der Waals surface area contributed by atoms with Gasteiger partial charge in [0, 0.05) is 5.56 Å². The highest BCUT2D eigenvalue weighted by Gasteiger charge is 2.37. The van der Waals surface area contributed by atoms with Gasteiger partial charge < -0.3 is 14.6 Å². The predicted molar refractivity (Wildman–Crippen MR) is 134 cm³/mol. The first-order valence-electron chi connectivity index (χ1n) is 11.2. The fraction of sp³-hybridized carbons (Fsp3) is 0.192. The summed E-state index contributed by atoms with van der Waals surface area (Å²) in [5, 5.41) is 9.35. The van der Waals surface area contributed by atoms with Crippen molar-refractivity contribution in [2.75, 3.05) is 25.7 Å². The molecule has 5 rings (SSSR count). The fourth-order valence-corrected chi connectivity index (χ4v) is 5.77. The molecule has 0 aliphatic carbocycles. The van der Waals surface area contributed by atoms with Crippen molar-refractivity contribution in [3.05, 3.63) is 90.6 Å². The zero-order chi connectivity index (χ0) is 26.4. The van der Waals surface area contributed by atoms with Crippen LogP contribution in [-0.4, -0.2) is 48.3 Å². The highest BCUT2D eigenvalue weighted by molar-refractivity contribution is 7.07. The van der Waals surface area contributed by atoms with Gasteiger partial charge in [0.15, 0.2) is 4.80 Å². The van der Waals surface area contributed by atoms with Gasteiger partial charge in [0.1, 0.15) is 16.8 Å². The van der Waals surface area contributed by atoms with E-state index in [1.807, 2.05) is 0 Å². The van der Waals surface area contributed by atoms with Crippen LogP contribution >= 0.6 is 11.3 Å². The van der Waals surface area contributed by atoms with Gasteiger partial charge in [-0.15, -0.1) is 0 Å². The summed E-state index contributed by atoms with van der Waals surface area (Å²) in [5.74, 6) is -1.79. The Labute approximate surface area is 214 Å². The molecule has 2 aliphatic rings. The number of nitrogens with zero attached hydrogens (tertiary/aromatic N) is 3. The third-order valence-corrected chi connectivity index (χ3v) is 7.33. The molecule has 0 saturated heterocycles. The number of ether oxygens (including phenoxy) is 2. The normalized spacial score (nSPS) is 17.8.